The summed E-state index contributed by atoms with van der Waals surface area (Å²) < 4.78 is 0. The van der Waals surface area contributed by atoms with Crippen molar-refractivity contribution in [2.75, 3.05) is 5.32 Å². The number of carbonyl (C=O) groups is 2. The summed E-state index contributed by atoms with van der Waals surface area (Å²) in [5.41, 5.74) is 1.48. The summed E-state index contributed by atoms with van der Waals surface area (Å²) in [5, 5.41) is 7.29. The molecule has 8 heteroatoms. The lowest BCUT2D eigenvalue weighted by atomic mass is 10.3. The number of rotatable bonds is 4. The van der Waals surface area contributed by atoms with E-state index in [1.165, 1.54) is 16.2 Å². The Bertz CT molecular complexity index is 858. The number of carbonyl (C=O) groups excluding carboxylic acids is 2. The maximum atomic E-state index is 11.9. The van der Waals surface area contributed by atoms with Crippen LogP contribution >= 0.6 is 22.7 Å². The standard InChI is InChI=1S/C16H14N4O2S2/c1-10-5-6-13(24-10)12-9-23-16(19-12)20-15(22)14(21)18-8-11-4-2-3-7-17-11/h2-7,9H,8H2,1H3,(H,18,21)(H,19,20,22). The third kappa shape index (κ3) is 4.03. The van der Waals surface area contributed by atoms with Crippen molar-refractivity contribution in [1.29, 1.82) is 0 Å². The number of anilines is 1. The maximum absolute atomic E-state index is 11.9. The molecule has 2 amide bonds. The van der Waals surface area contributed by atoms with E-state index in [9.17, 15) is 9.59 Å². The molecule has 122 valence electrons. The topological polar surface area (TPSA) is 84.0 Å². The second-order valence-corrected chi connectivity index (χ2v) is 7.05. The van der Waals surface area contributed by atoms with Crippen molar-refractivity contribution in [2.24, 2.45) is 0 Å². The van der Waals surface area contributed by atoms with Gasteiger partial charge in [0.05, 0.1) is 22.8 Å². The summed E-state index contributed by atoms with van der Waals surface area (Å²) in [6.07, 6.45) is 1.63. The molecule has 0 aliphatic rings. The zero-order valence-electron chi connectivity index (χ0n) is 12.8. The highest BCUT2D eigenvalue weighted by atomic mass is 32.1. The van der Waals surface area contributed by atoms with E-state index >= 15 is 0 Å². The zero-order chi connectivity index (χ0) is 16.9. The molecule has 3 aromatic rings. The van der Waals surface area contributed by atoms with Gasteiger partial charge >= 0.3 is 11.8 Å². The van der Waals surface area contributed by atoms with Crippen molar-refractivity contribution in [3.8, 4) is 10.6 Å². The van der Waals surface area contributed by atoms with Gasteiger partial charge in [0.15, 0.2) is 5.13 Å². The molecule has 0 aliphatic carbocycles. The van der Waals surface area contributed by atoms with Gasteiger partial charge in [0, 0.05) is 16.5 Å². The minimum atomic E-state index is -0.741. The van der Waals surface area contributed by atoms with Crippen LogP contribution in [0.5, 0.6) is 0 Å². The van der Waals surface area contributed by atoms with Gasteiger partial charge in [-0.25, -0.2) is 4.98 Å². The second kappa shape index (κ2) is 7.33. The molecule has 3 aromatic heterocycles. The molecule has 0 atom stereocenters. The molecular formula is C16H14N4O2S2. The average molecular weight is 358 g/mol. The Kier molecular flexibility index (Phi) is 4.97. The van der Waals surface area contributed by atoms with Gasteiger partial charge in [-0.2, -0.15) is 0 Å². The largest absolute Gasteiger partial charge is 0.342 e. The van der Waals surface area contributed by atoms with Gasteiger partial charge < -0.3 is 5.32 Å². The number of thiazole rings is 1. The lowest BCUT2D eigenvalue weighted by Gasteiger charge is -2.04. The van der Waals surface area contributed by atoms with E-state index in [4.69, 9.17) is 0 Å². The van der Waals surface area contributed by atoms with Gasteiger partial charge in [0.2, 0.25) is 0 Å². The minimum Gasteiger partial charge on any atom is -0.342 e. The SMILES string of the molecule is Cc1ccc(-c2csc(NC(=O)C(=O)NCc3ccccn3)n2)s1. The Labute approximate surface area is 146 Å². The molecule has 6 nitrogen and oxygen atoms in total. The molecule has 0 radical (unpaired) electrons. The normalized spacial score (nSPS) is 10.4. The Morgan fingerprint density at radius 1 is 1.17 bits per heavy atom. The number of hydrogen-bond acceptors (Lipinski definition) is 6. The van der Waals surface area contributed by atoms with Crippen molar-refractivity contribution in [1.82, 2.24) is 15.3 Å². The molecule has 24 heavy (non-hydrogen) atoms. The quantitative estimate of drug-likeness (QED) is 0.703. The van der Waals surface area contributed by atoms with Crippen LogP contribution in [0.1, 0.15) is 10.6 Å². The number of hydrogen-bond donors (Lipinski definition) is 2. The molecule has 3 rings (SSSR count). The van der Waals surface area contributed by atoms with E-state index in [2.05, 4.69) is 20.6 Å². The van der Waals surface area contributed by atoms with Crippen molar-refractivity contribution in [2.45, 2.75) is 13.5 Å². The number of nitrogens with zero attached hydrogens (tertiary/aromatic N) is 2. The molecule has 0 unspecified atom stereocenters. The summed E-state index contributed by atoms with van der Waals surface area (Å²) in [4.78, 5) is 34.4. The number of thiophene rings is 1. The van der Waals surface area contributed by atoms with Crippen LogP contribution in [-0.2, 0) is 16.1 Å². The van der Waals surface area contributed by atoms with Gasteiger partial charge in [-0.1, -0.05) is 6.07 Å². The van der Waals surface area contributed by atoms with Gasteiger partial charge in [0.1, 0.15) is 0 Å². The van der Waals surface area contributed by atoms with Crippen LogP contribution in [0.25, 0.3) is 10.6 Å². The fourth-order valence-electron chi connectivity index (χ4n) is 1.92. The third-order valence-electron chi connectivity index (χ3n) is 3.08. The molecule has 2 N–H and O–H groups in total. The minimum absolute atomic E-state index is 0.199. The summed E-state index contributed by atoms with van der Waals surface area (Å²) in [6.45, 7) is 2.22. The average Bonchev–Trinajstić information content (AvgIpc) is 3.22. The molecule has 0 spiro atoms. The molecule has 0 fully saturated rings. The summed E-state index contributed by atoms with van der Waals surface area (Å²) in [6, 6.07) is 9.38. The zero-order valence-corrected chi connectivity index (χ0v) is 14.4. The summed E-state index contributed by atoms with van der Waals surface area (Å²) >= 11 is 2.92. The summed E-state index contributed by atoms with van der Waals surface area (Å²) in [7, 11) is 0. The lowest BCUT2D eigenvalue weighted by Crippen LogP contribution is -2.35. The molecule has 0 saturated carbocycles. The van der Waals surface area contributed by atoms with Crippen LogP contribution in [0.4, 0.5) is 5.13 Å². The monoisotopic (exact) mass is 358 g/mol. The first kappa shape index (κ1) is 16.3. The van der Waals surface area contributed by atoms with Crippen molar-refractivity contribution >= 4 is 39.6 Å². The van der Waals surface area contributed by atoms with Crippen molar-refractivity contribution in [3.05, 3.63) is 52.5 Å². The number of nitrogens with one attached hydrogen (secondary N) is 2. The molecule has 0 aromatic carbocycles. The number of amides is 2. The highest BCUT2D eigenvalue weighted by Crippen LogP contribution is 2.30. The summed E-state index contributed by atoms with van der Waals surface area (Å²) in [5.74, 6) is -1.46. The first-order valence-electron chi connectivity index (χ1n) is 7.13. The van der Waals surface area contributed by atoms with Crippen molar-refractivity contribution in [3.63, 3.8) is 0 Å². The number of pyridine rings is 1. The molecule has 0 bridgehead atoms. The fourth-order valence-corrected chi connectivity index (χ4v) is 3.53. The first-order chi connectivity index (χ1) is 11.6. The van der Waals surface area contributed by atoms with Crippen molar-refractivity contribution < 1.29 is 9.59 Å². The van der Waals surface area contributed by atoms with Crippen LogP contribution in [0.3, 0.4) is 0 Å². The Morgan fingerprint density at radius 3 is 2.75 bits per heavy atom. The van der Waals surface area contributed by atoms with Gasteiger partial charge in [-0.15, -0.1) is 22.7 Å². The van der Waals surface area contributed by atoms with Gasteiger partial charge in [-0.3, -0.25) is 19.9 Å². The predicted molar refractivity (Wildman–Crippen MR) is 94.9 cm³/mol. The van der Waals surface area contributed by atoms with Crippen LogP contribution in [-0.4, -0.2) is 21.8 Å². The fraction of sp³-hybridized carbons (Fsp3) is 0.125. The molecule has 0 saturated heterocycles. The Morgan fingerprint density at radius 2 is 2.04 bits per heavy atom. The second-order valence-electron chi connectivity index (χ2n) is 4.91. The molecule has 3 heterocycles. The first-order valence-corrected chi connectivity index (χ1v) is 8.83. The number of aryl methyl sites for hydroxylation is 1. The predicted octanol–water partition coefficient (Wildman–Crippen LogP) is 2.83. The molecular weight excluding hydrogens is 344 g/mol. The van der Waals surface area contributed by atoms with Crippen LogP contribution < -0.4 is 10.6 Å². The van der Waals surface area contributed by atoms with E-state index in [-0.39, 0.29) is 6.54 Å². The molecule has 0 aliphatic heterocycles. The van der Waals surface area contributed by atoms with Crippen LogP contribution in [0.2, 0.25) is 0 Å². The Balaban J connectivity index is 1.56. The maximum Gasteiger partial charge on any atom is 0.315 e. The van der Waals surface area contributed by atoms with E-state index in [0.29, 0.717) is 10.8 Å². The highest BCUT2D eigenvalue weighted by Gasteiger charge is 2.16. The van der Waals surface area contributed by atoms with E-state index in [0.717, 1.165) is 10.6 Å². The lowest BCUT2D eigenvalue weighted by molar-refractivity contribution is -0.136. The van der Waals surface area contributed by atoms with Gasteiger partial charge in [0.25, 0.3) is 0 Å². The smallest absolute Gasteiger partial charge is 0.315 e. The van der Waals surface area contributed by atoms with E-state index < -0.39 is 11.8 Å². The van der Waals surface area contributed by atoms with Crippen LogP contribution in [0, 0.1) is 6.92 Å². The third-order valence-corrected chi connectivity index (χ3v) is 4.86. The van der Waals surface area contributed by atoms with Crippen LogP contribution in [0.15, 0.2) is 41.9 Å². The highest BCUT2D eigenvalue weighted by molar-refractivity contribution is 7.17. The number of aromatic nitrogens is 2. The van der Waals surface area contributed by atoms with E-state index in [1.54, 1.807) is 29.7 Å². The Hall–Kier alpha value is -2.58. The van der Waals surface area contributed by atoms with Gasteiger partial charge in [-0.05, 0) is 31.2 Å². The van der Waals surface area contributed by atoms with E-state index in [1.807, 2.05) is 30.5 Å².